The molecule has 3 aromatic rings. The topological polar surface area (TPSA) is 51.0 Å². The van der Waals surface area contributed by atoms with Gasteiger partial charge in [-0.3, -0.25) is 0 Å². The molecule has 0 amide bonds. The second kappa shape index (κ2) is 6.51. The summed E-state index contributed by atoms with van der Waals surface area (Å²) < 4.78 is 6.90. The number of benzene rings is 1. The molecule has 0 aliphatic heterocycles. The van der Waals surface area contributed by atoms with E-state index in [9.17, 15) is 0 Å². The summed E-state index contributed by atoms with van der Waals surface area (Å²) in [4.78, 5) is 0. The zero-order valence-electron chi connectivity index (χ0n) is 11.4. The molecule has 0 saturated heterocycles. The minimum atomic E-state index is -0.0838. The molecule has 2 aromatic heterocycles. The van der Waals surface area contributed by atoms with Crippen molar-refractivity contribution in [3.63, 3.8) is 0 Å². The second-order valence-electron chi connectivity index (χ2n) is 4.49. The van der Waals surface area contributed by atoms with Gasteiger partial charge in [0, 0.05) is 5.38 Å². The molecule has 108 valence electrons. The Morgan fingerprint density at radius 3 is 2.76 bits per heavy atom. The Bertz CT molecular complexity index is 711. The summed E-state index contributed by atoms with van der Waals surface area (Å²) in [6.07, 6.45) is 0. The number of halogens is 1. The Kier molecular flexibility index (Phi) is 4.48. The van der Waals surface area contributed by atoms with Crippen molar-refractivity contribution >= 4 is 27.3 Å². The Hall–Kier alpha value is -1.50. The SMILES string of the molecule is CCNC(c1ccccc1)c1nnc(-c2csc(Br)c2)o1. The molecule has 6 heteroatoms. The molecule has 0 saturated carbocycles. The van der Waals surface area contributed by atoms with E-state index in [0.717, 1.165) is 21.5 Å². The highest BCUT2D eigenvalue weighted by Crippen LogP contribution is 2.30. The average Bonchev–Trinajstić information content (AvgIpc) is 3.14. The van der Waals surface area contributed by atoms with Crippen LogP contribution in [0.5, 0.6) is 0 Å². The summed E-state index contributed by atoms with van der Waals surface area (Å²) in [5, 5.41) is 13.7. The number of rotatable bonds is 5. The average molecular weight is 364 g/mol. The third kappa shape index (κ3) is 3.23. The lowest BCUT2D eigenvalue weighted by Gasteiger charge is -2.13. The van der Waals surface area contributed by atoms with E-state index in [1.165, 1.54) is 0 Å². The fourth-order valence-electron chi connectivity index (χ4n) is 2.09. The summed E-state index contributed by atoms with van der Waals surface area (Å²) in [6.45, 7) is 2.88. The highest BCUT2D eigenvalue weighted by molar-refractivity contribution is 9.11. The van der Waals surface area contributed by atoms with Crippen molar-refractivity contribution < 1.29 is 4.42 Å². The zero-order valence-corrected chi connectivity index (χ0v) is 13.8. The summed E-state index contributed by atoms with van der Waals surface area (Å²) in [5.41, 5.74) is 2.05. The van der Waals surface area contributed by atoms with Crippen LogP contribution in [0.15, 0.2) is 50.0 Å². The van der Waals surface area contributed by atoms with Crippen LogP contribution in [0, 0.1) is 0 Å². The lowest BCUT2D eigenvalue weighted by Crippen LogP contribution is -2.22. The number of nitrogens with one attached hydrogen (secondary N) is 1. The molecular formula is C15H14BrN3OS. The third-order valence-corrected chi connectivity index (χ3v) is 4.55. The van der Waals surface area contributed by atoms with Crippen molar-refractivity contribution in [1.29, 1.82) is 0 Å². The molecule has 1 unspecified atom stereocenters. The minimum absolute atomic E-state index is 0.0838. The Morgan fingerprint density at radius 1 is 1.29 bits per heavy atom. The van der Waals surface area contributed by atoms with Gasteiger partial charge in [0.05, 0.1) is 9.35 Å². The van der Waals surface area contributed by atoms with Crippen LogP contribution < -0.4 is 5.32 Å². The molecule has 0 radical (unpaired) electrons. The molecule has 0 aliphatic carbocycles. The first-order valence-electron chi connectivity index (χ1n) is 6.64. The van der Waals surface area contributed by atoms with E-state index in [0.29, 0.717) is 11.8 Å². The third-order valence-electron chi connectivity index (χ3n) is 3.04. The van der Waals surface area contributed by atoms with Crippen molar-refractivity contribution in [1.82, 2.24) is 15.5 Å². The van der Waals surface area contributed by atoms with Gasteiger partial charge in [-0.1, -0.05) is 37.3 Å². The van der Waals surface area contributed by atoms with Gasteiger partial charge in [0.2, 0.25) is 11.8 Å². The van der Waals surface area contributed by atoms with E-state index in [4.69, 9.17) is 4.42 Å². The fraction of sp³-hybridized carbons (Fsp3) is 0.200. The zero-order chi connectivity index (χ0) is 14.7. The lowest BCUT2D eigenvalue weighted by molar-refractivity contribution is 0.444. The molecule has 0 spiro atoms. The van der Waals surface area contributed by atoms with Crippen molar-refractivity contribution in [2.45, 2.75) is 13.0 Å². The Morgan fingerprint density at radius 2 is 2.10 bits per heavy atom. The van der Waals surface area contributed by atoms with Gasteiger partial charge in [0.1, 0.15) is 6.04 Å². The molecule has 1 atom stereocenters. The van der Waals surface area contributed by atoms with E-state index in [2.05, 4.69) is 50.5 Å². The van der Waals surface area contributed by atoms with Crippen molar-refractivity contribution in [2.24, 2.45) is 0 Å². The number of thiophene rings is 1. The minimum Gasteiger partial charge on any atom is -0.419 e. The standard InChI is InChI=1S/C15H14BrN3OS/c1-2-17-13(10-6-4-3-5-7-10)15-19-18-14(20-15)11-8-12(16)21-9-11/h3-9,13,17H,2H2,1H3. The van der Waals surface area contributed by atoms with Crippen molar-refractivity contribution in [3.8, 4) is 11.5 Å². The maximum Gasteiger partial charge on any atom is 0.248 e. The van der Waals surface area contributed by atoms with Crippen LogP contribution in [0.2, 0.25) is 0 Å². The molecular weight excluding hydrogens is 350 g/mol. The molecule has 0 aliphatic rings. The molecule has 0 fully saturated rings. The van der Waals surface area contributed by atoms with E-state index >= 15 is 0 Å². The van der Waals surface area contributed by atoms with Crippen LogP contribution in [0.3, 0.4) is 0 Å². The Labute approximate surface area is 135 Å². The largest absolute Gasteiger partial charge is 0.419 e. The first-order chi connectivity index (χ1) is 10.3. The van der Waals surface area contributed by atoms with Crippen LogP contribution in [0.1, 0.15) is 24.4 Å². The monoisotopic (exact) mass is 363 g/mol. The number of hydrogen-bond acceptors (Lipinski definition) is 5. The molecule has 0 bridgehead atoms. The normalized spacial score (nSPS) is 12.5. The number of aromatic nitrogens is 2. The van der Waals surface area contributed by atoms with Gasteiger partial charge in [-0.2, -0.15) is 0 Å². The van der Waals surface area contributed by atoms with Gasteiger partial charge in [-0.25, -0.2) is 0 Å². The van der Waals surface area contributed by atoms with Gasteiger partial charge in [-0.15, -0.1) is 21.5 Å². The summed E-state index contributed by atoms with van der Waals surface area (Å²) in [7, 11) is 0. The predicted molar refractivity (Wildman–Crippen MR) is 87.3 cm³/mol. The van der Waals surface area contributed by atoms with Crippen molar-refractivity contribution in [3.05, 3.63) is 57.0 Å². The van der Waals surface area contributed by atoms with E-state index in [-0.39, 0.29) is 6.04 Å². The van der Waals surface area contributed by atoms with Gasteiger partial charge < -0.3 is 9.73 Å². The number of hydrogen-bond donors (Lipinski definition) is 1. The summed E-state index contributed by atoms with van der Waals surface area (Å²) in [6, 6.07) is 12.0. The molecule has 1 aromatic carbocycles. The number of nitrogens with zero attached hydrogens (tertiary/aromatic N) is 2. The van der Waals surface area contributed by atoms with Gasteiger partial charge in [0.25, 0.3) is 0 Å². The summed E-state index contributed by atoms with van der Waals surface area (Å²) in [5.74, 6) is 1.13. The van der Waals surface area contributed by atoms with Gasteiger partial charge in [-0.05, 0) is 34.1 Å². The van der Waals surface area contributed by atoms with Crippen LogP contribution >= 0.6 is 27.3 Å². The van der Waals surface area contributed by atoms with Crippen LogP contribution in [-0.4, -0.2) is 16.7 Å². The molecule has 4 nitrogen and oxygen atoms in total. The highest BCUT2D eigenvalue weighted by atomic mass is 79.9. The van der Waals surface area contributed by atoms with E-state index in [1.807, 2.05) is 29.6 Å². The van der Waals surface area contributed by atoms with Crippen molar-refractivity contribution in [2.75, 3.05) is 6.54 Å². The van der Waals surface area contributed by atoms with Crippen LogP contribution in [0.4, 0.5) is 0 Å². The Balaban J connectivity index is 1.92. The quantitative estimate of drug-likeness (QED) is 0.735. The molecule has 1 N–H and O–H groups in total. The predicted octanol–water partition coefficient (Wildman–Crippen LogP) is 4.26. The fourth-order valence-corrected chi connectivity index (χ4v) is 3.22. The second-order valence-corrected chi connectivity index (χ2v) is 6.78. The van der Waals surface area contributed by atoms with Gasteiger partial charge >= 0.3 is 0 Å². The molecule has 2 heterocycles. The maximum absolute atomic E-state index is 5.85. The van der Waals surface area contributed by atoms with Crippen LogP contribution in [-0.2, 0) is 0 Å². The smallest absolute Gasteiger partial charge is 0.248 e. The lowest BCUT2D eigenvalue weighted by atomic mass is 10.1. The van der Waals surface area contributed by atoms with Gasteiger partial charge in [0.15, 0.2) is 0 Å². The summed E-state index contributed by atoms with van der Waals surface area (Å²) >= 11 is 5.04. The van der Waals surface area contributed by atoms with Crippen LogP contribution in [0.25, 0.3) is 11.5 Å². The molecule has 3 rings (SSSR count). The van der Waals surface area contributed by atoms with E-state index in [1.54, 1.807) is 11.3 Å². The first-order valence-corrected chi connectivity index (χ1v) is 8.31. The molecule has 21 heavy (non-hydrogen) atoms. The highest BCUT2D eigenvalue weighted by Gasteiger charge is 2.20. The van der Waals surface area contributed by atoms with E-state index < -0.39 is 0 Å². The first kappa shape index (κ1) is 14.4. The maximum atomic E-state index is 5.85.